The van der Waals surface area contributed by atoms with Gasteiger partial charge in [0.05, 0.1) is 4.91 Å². The molecule has 27 heavy (non-hydrogen) atoms. The lowest BCUT2D eigenvalue weighted by atomic mass is 10.1. The number of hydrogen-bond donors (Lipinski definition) is 0. The Morgan fingerprint density at radius 2 is 1.89 bits per heavy atom. The highest BCUT2D eigenvalue weighted by Gasteiger charge is 2.32. The Balaban J connectivity index is 1.77. The van der Waals surface area contributed by atoms with E-state index in [0.717, 1.165) is 21.3 Å². The zero-order chi connectivity index (χ0) is 19.4. The Morgan fingerprint density at radius 1 is 1.19 bits per heavy atom. The van der Waals surface area contributed by atoms with Gasteiger partial charge in [-0.25, -0.2) is 0 Å². The summed E-state index contributed by atoms with van der Waals surface area (Å²) in [4.78, 5) is 15.0. The average molecular weight is 462 g/mol. The standard InChI is InChI=1S/C21H20BrNO2S2/c1-14(2)12-23-20(24)19(27-21(23)26)11-16-5-3-4-6-18(16)25-13-15-7-9-17(22)10-8-15/h3-11,14H,12-13H2,1-2H3. The molecule has 0 atom stereocenters. The molecule has 6 heteroatoms. The molecular formula is C21H20BrNO2S2. The molecule has 140 valence electrons. The van der Waals surface area contributed by atoms with Crippen LogP contribution in [0.4, 0.5) is 0 Å². The molecule has 1 amide bonds. The topological polar surface area (TPSA) is 29.5 Å². The molecule has 3 nitrogen and oxygen atoms in total. The minimum absolute atomic E-state index is 0.0265. The number of hydrogen-bond acceptors (Lipinski definition) is 4. The minimum Gasteiger partial charge on any atom is -0.488 e. The van der Waals surface area contributed by atoms with Crippen LogP contribution in [-0.2, 0) is 11.4 Å². The molecule has 1 aliphatic rings. The van der Waals surface area contributed by atoms with Crippen molar-refractivity contribution in [2.24, 2.45) is 5.92 Å². The Labute approximate surface area is 177 Å². The van der Waals surface area contributed by atoms with Crippen LogP contribution in [0.3, 0.4) is 0 Å². The van der Waals surface area contributed by atoms with E-state index in [1.165, 1.54) is 11.8 Å². The van der Waals surface area contributed by atoms with Crippen molar-refractivity contribution in [1.29, 1.82) is 0 Å². The molecule has 2 aromatic carbocycles. The molecule has 0 aromatic heterocycles. The number of halogens is 1. The van der Waals surface area contributed by atoms with Crippen molar-refractivity contribution in [1.82, 2.24) is 4.90 Å². The Bertz CT molecular complexity index is 878. The van der Waals surface area contributed by atoms with Crippen LogP contribution in [0.15, 0.2) is 57.9 Å². The molecule has 0 bridgehead atoms. The largest absolute Gasteiger partial charge is 0.488 e. The number of amides is 1. The highest BCUT2D eigenvalue weighted by atomic mass is 79.9. The highest BCUT2D eigenvalue weighted by molar-refractivity contribution is 9.10. The summed E-state index contributed by atoms with van der Waals surface area (Å²) < 4.78 is 7.66. The minimum atomic E-state index is -0.0265. The maximum absolute atomic E-state index is 12.7. The lowest BCUT2D eigenvalue weighted by Crippen LogP contribution is -2.31. The van der Waals surface area contributed by atoms with Crippen molar-refractivity contribution < 1.29 is 9.53 Å². The van der Waals surface area contributed by atoms with Crippen LogP contribution in [0.25, 0.3) is 6.08 Å². The Kier molecular flexibility index (Phi) is 6.73. The first-order valence-electron chi connectivity index (χ1n) is 8.65. The lowest BCUT2D eigenvalue weighted by Gasteiger charge is -2.16. The molecule has 3 rings (SSSR count). The number of nitrogens with zero attached hydrogens (tertiary/aromatic N) is 1. The number of carbonyl (C=O) groups excluding carboxylic acids is 1. The zero-order valence-corrected chi connectivity index (χ0v) is 18.4. The Hall–Kier alpha value is -1.63. The quantitative estimate of drug-likeness (QED) is 0.396. The number of ether oxygens (including phenoxy) is 1. The summed E-state index contributed by atoms with van der Waals surface area (Å²) in [6.45, 7) is 5.26. The number of rotatable bonds is 6. The normalized spacial score (nSPS) is 15.9. The van der Waals surface area contributed by atoms with Gasteiger partial charge >= 0.3 is 0 Å². The van der Waals surface area contributed by atoms with Crippen molar-refractivity contribution in [2.75, 3.05) is 6.54 Å². The van der Waals surface area contributed by atoms with Crippen LogP contribution in [0.1, 0.15) is 25.0 Å². The predicted molar refractivity (Wildman–Crippen MR) is 120 cm³/mol. The van der Waals surface area contributed by atoms with Crippen LogP contribution >= 0.6 is 39.9 Å². The summed E-state index contributed by atoms with van der Waals surface area (Å²) in [5.41, 5.74) is 1.95. The fourth-order valence-corrected chi connectivity index (χ4v) is 4.17. The molecule has 2 aromatic rings. The smallest absolute Gasteiger partial charge is 0.266 e. The number of thiocarbonyl (C=S) groups is 1. The van der Waals surface area contributed by atoms with Gasteiger partial charge in [0.25, 0.3) is 5.91 Å². The van der Waals surface area contributed by atoms with E-state index in [1.807, 2.05) is 54.6 Å². The van der Waals surface area contributed by atoms with Gasteiger partial charge in [-0.15, -0.1) is 0 Å². The molecule has 1 heterocycles. The number of benzene rings is 2. The lowest BCUT2D eigenvalue weighted by molar-refractivity contribution is -0.122. The van der Waals surface area contributed by atoms with E-state index >= 15 is 0 Å². The second-order valence-electron chi connectivity index (χ2n) is 6.64. The SMILES string of the molecule is CC(C)CN1C(=O)C(=Cc2ccccc2OCc2ccc(Br)cc2)SC1=S. The first kappa shape index (κ1) is 20.1. The first-order valence-corrected chi connectivity index (χ1v) is 10.7. The van der Waals surface area contributed by atoms with E-state index in [1.54, 1.807) is 4.90 Å². The van der Waals surface area contributed by atoms with Gasteiger partial charge in [0, 0.05) is 16.6 Å². The van der Waals surface area contributed by atoms with Crippen molar-refractivity contribution in [3.05, 3.63) is 69.0 Å². The summed E-state index contributed by atoms with van der Waals surface area (Å²) in [7, 11) is 0. The first-order chi connectivity index (χ1) is 12.9. The third-order valence-electron chi connectivity index (χ3n) is 3.93. The van der Waals surface area contributed by atoms with Crippen LogP contribution in [0.5, 0.6) is 5.75 Å². The van der Waals surface area contributed by atoms with Gasteiger partial charge in [-0.05, 0) is 35.8 Å². The molecular weight excluding hydrogens is 442 g/mol. The molecule has 0 aliphatic carbocycles. The second kappa shape index (κ2) is 9.04. The molecule has 0 spiro atoms. The van der Waals surface area contributed by atoms with Gasteiger partial charge in [0.2, 0.25) is 0 Å². The number of thioether (sulfide) groups is 1. The molecule has 0 unspecified atom stereocenters. The molecule has 1 saturated heterocycles. The molecule has 0 radical (unpaired) electrons. The van der Waals surface area contributed by atoms with E-state index in [9.17, 15) is 4.79 Å². The molecule has 1 fully saturated rings. The van der Waals surface area contributed by atoms with E-state index in [-0.39, 0.29) is 5.91 Å². The van der Waals surface area contributed by atoms with Gasteiger partial charge in [0.15, 0.2) is 0 Å². The maximum Gasteiger partial charge on any atom is 0.266 e. The van der Waals surface area contributed by atoms with E-state index in [2.05, 4.69) is 29.8 Å². The highest BCUT2D eigenvalue weighted by Crippen LogP contribution is 2.34. The maximum atomic E-state index is 12.7. The van der Waals surface area contributed by atoms with Crippen LogP contribution < -0.4 is 4.74 Å². The zero-order valence-electron chi connectivity index (χ0n) is 15.1. The van der Waals surface area contributed by atoms with Gasteiger partial charge in [0.1, 0.15) is 16.7 Å². The van der Waals surface area contributed by atoms with Gasteiger partial charge in [-0.1, -0.05) is 84.1 Å². The third-order valence-corrected chi connectivity index (χ3v) is 5.84. The monoisotopic (exact) mass is 461 g/mol. The third kappa shape index (κ3) is 5.21. The Morgan fingerprint density at radius 3 is 2.59 bits per heavy atom. The number of para-hydroxylation sites is 1. The fraction of sp³-hybridized carbons (Fsp3) is 0.238. The molecule has 0 saturated carbocycles. The van der Waals surface area contributed by atoms with Gasteiger partial charge in [-0.2, -0.15) is 0 Å². The summed E-state index contributed by atoms with van der Waals surface area (Å²) in [6, 6.07) is 15.7. The van der Waals surface area contributed by atoms with Crippen LogP contribution in [0.2, 0.25) is 0 Å². The van der Waals surface area contributed by atoms with Crippen molar-refractivity contribution in [3.8, 4) is 5.75 Å². The second-order valence-corrected chi connectivity index (χ2v) is 9.23. The summed E-state index contributed by atoms with van der Waals surface area (Å²) in [5.74, 6) is 1.09. The summed E-state index contributed by atoms with van der Waals surface area (Å²) in [5, 5.41) is 0. The van der Waals surface area contributed by atoms with E-state index in [0.29, 0.717) is 28.3 Å². The fourth-order valence-electron chi connectivity index (χ4n) is 2.64. The van der Waals surface area contributed by atoms with Crippen LogP contribution in [-0.4, -0.2) is 21.7 Å². The van der Waals surface area contributed by atoms with E-state index < -0.39 is 0 Å². The van der Waals surface area contributed by atoms with Crippen molar-refractivity contribution >= 4 is 56.2 Å². The predicted octanol–water partition coefficient (Wildman–Crippen LogP) is 5.89. The van der Waals surface area contributed by atoms with Gasteiger partial charge < -0.3 is 4.74 Å². The van der Waals surface area contributed by atoms with E-state index in [4.69, 9.17) is 17.0 Å². The van der Waals surface area contributed by atoms with Crippen LogP contribution in [0, 0.1) is 5.92 Å². The summed E-state index contributed by atoms with van der Waals surface area (Å²) in [6.07, 6.45) is 1.87. The summed E-state index contributed by atoms with van der Waals surface area (Å²) >= 11 is 10.2. The van der Waals surface area contributed by atoms with Crippen molar-refractivity contribution in [3.63, 3.8) is 0 Å². The molecule has 0 N–H and O–H groups in total. The number of carbonyl (C=O) groups is 1. The van der Waals surface area contributed by atoms with Crippen molar-refractivity contribution in [2.45, 2.75) is 20.5 Å². The average Bonchev–Trinajstić information content (AvgIpc) is 2.89. The van der Waals surface area contributed by atoms with Gasteiger partial charge in [-0.3, -0.25) is 9.69 Å². The molecule has 1 aliphatic heterocycles.